The number of nitrogens with zero attached hydrogens (tertiary/aromatic N) is 2. The van der Waals surface area contributed by atoms with Gasteiger partial charge in [-0.05, 0) is 27.7 Å². The topological polar surface area (TPSA) is 43.8 Å². The molecule has 14 heavy (non-hydrogen) atoms. The van der Waals surface area contributed by atoms with E-state index in [2.05, 4.69) is 0 Å². The fourth-order valence-corrected chi connectivity index (χ4v) is 1.86. The van der Waals surface area contributed by atoms with Crippen LogP contribution in [0.5, 0.6) is 0 Å². The van der Waals surface area contributed by atoms with Gasteiger partial charge in [0.1, 0.15) is 0 Å². The first kappa shape index (κ1) is 11.5. The molecular weight excluding hydrogens is 180 g/mol. The molecule has 1 amide bonds. The second kappa shape index (κ2) is 3.87. The Bertz CT molecular complexity index is 221. The Hall–Kier alpha value is -0.610. The maximum absolute atomic E-state index is 11.6. The SMILES string of the molecule is CC(O)CN1CCC(=O)N1C(C)(C)C. The monoisotopic (exact) mass is 200 g/mol. The third kappa shape index (κ3) is 2.45. The Morgan fingerprint density at radius 3 is 2.50 bits per heavy atom. The van der Waals surface area contributed by atoms with E-state index in [1.807, 2.05) is 25.8 Å². The normalized spacial score (nSPS) is 21.8. The average molecular weight is 200 g/mol. The molecule has 1 saturated heterocycles. The average Bonchev–Trinajstić information content (AvgIpc) is 2.28. The molecule has 82 valence electrons. The second-order valence-electron chi connectivity index (χ2n) is 4.89. The Morgan fingerprint density at radius 2 is 2.07 bits per heavy atom. The van der Waals surface area contributed by atoms with E-state index in [0.717, 1.165) is 6.54 Å². The Balaban J connectivity index is 2.72. The van der Waals surface area contributed by atoms with Gasteiger partial charge in [-0.1, -0.05) is 0 Å². The van der Waals surface area contributed by atoms with Crippen LogP contribution < -0.4 is 0 Å². The van der Waals surface area contributed by atoms with E-state index < -0.39 is 6.10 Å². The summed E-state index contributed by atoms with van der Waals surface area (Å²) in [7, 11) is 0. The molecule has 4 nitrogen and oxygen atoms in total. The third-order valence-corrected chi connectivity index (χ3v) is 2.21. The van der Waals surface area contributed by atoms with Crippen molar-refractivity contribution in [1.82, 2.24) is 10.0 Å². The molecule has 0 aliphatic carbocycles. The van der Waals surface area contributed by atoms with Crippen molar-refractivity contribution >= 4 is 5.91 Å². The van der Waals surface area contributed by atoms with Crippen LogP contribution in [0.2, 0.25) is 0 Å². The van der Waals surface area contributed by atoms with Crippen molar-refractivity contribution in [3.8, 4) is 0 Å². The molecule has 0 aromatic rings. The summed E-state index contributed by atoms with van der Waals surface area (Å²) in [6.07, 6.45) is 0.162. The fourth-order valence-electron chi connectivity index (χ4n) is 1.86. The molecule has 1 aliphatic heterocycles. The highest BCUT2D eigenvalue weighted by molar-refractivity contribution is 5.78. The molecule has 1 aliphatic rings. The summed E-state index contributed by atoms with van der Waals surface area (Å²) in [6.45, 7) is 9.01. The highest BCUT2D eigenvalue weighted by Crippen LogP contribution is 2.23. The summed E-state index contributed by atoms with van der Waals surface area (Å²) in [5.41, 5.74) is -0.192. The Labute approximate surface area is 85.5 Å². The molecule has 0 radical (unpaired) electrons. The molecule has 1 atom stereocenters. The van der Waals surface area contributed by atoms with Crippen LogP contribution in [0.25, 0.3) is 0 Å². The quantitative estimate of drug-likeness (QED) is 0.710. The van der Waals surface area contributed by atoms with E-state index in [1.54, 1.807) is 11.9 Å². The van der Waals surface area contributed by atoms with Crippen LogP contribution in [0.15, 0.2) is 0 Å². The standard InChI is InChI=1S/C10H20N2O2/c1-8(13)7-11-6-5-9(14)12(11)10(2,3)4/h8,13H,5-7H2,1-4H3. The summed E-state index contributed by atoms with van der Waals surface area (Å²) in [6, 6.07) is 0. The van der Waals surface area contributed by atoms with E-state index >= 15 is 0 Å². The summed E-state index contributed by atoms with van der Waals surface area (Å²) in [5.74, 6) is 0.151. The lowest BCUT2D eigenvalue weighted by molar-refractivity contribution is -0.150. The van der Waals surface area contributed by atoms with Crippen LogP contribution in [0.3, 0.4) is 0 Å². The van der Waals surface area contributed by atoms with Gasteiger partial charge >= 0.3 is 0 Å². The van der Waals surface area contributed by atoms with E-state index in [0.29, 0.717) is 13.0 Å². The number of rotatable bonds is 2. The lowest BCUT2D eigenvalue weighted by Crippen LogP contribution is -2.52. The van der Waals surface area contributed by atoms with Crippen LogP contribution in [0.4, 0.5) is 0 Å². The van der Waals surface area contributed by atoms with E-state index in [4.69, 9.17) is 0 Å². The molecule has 1 heterocycles. The minimum absolute atomic E-state index is 0.151. The van der Waals surface area contributed by atoms with Crippen LogP contribution in [-0.2, 0) is 4.79 Å². The van der Waals surface area contributed by atoms with Crippen molar-refractivity contribution in [2.24, 2.45) is 0 Å². The van der Waals surface area contributed by atoms with Crippen molar-refractivity contribution < 1.29 is 9.90 Å². The predicted octanol–water partition coefficient (Wildman–Crippen LogP) is 0.615. The summed E-state index contributed by atoms with van der Waals surface area (Å²) < 4.78 is 0. The predicted molar refractivity (Wildman–Crippen MR) is 54.5 cm³/mol. The summed E-state index contributed by atoms with van der Waals surface area (Å²) in [5, 5.41) is 13.0. The minimum atomic E-state index is -0.397. The number of carbonyl (C=O) groups is 1. The fraction of sp³-hybridized carbons (Fsp3) is 0.900. The molecule has 1 fully saturated rings. The zero-order valence-electron chi connectivity index (χ0n) is 9.45. The number of aliphatic hydroxyl groups is 1. The second-order valence-corrected chi connectivity index (χ2v) is 4.89. The largest absolute Gasteiger partial charge is 0.392 e. The van der Waals surface area contributed by atoms with Gasteiger partial charge in [-0.3, -0.25) is 9.80 Å². The molecule has 1 unspecified atom stereocenters. The van der Waals surface area contributed by atoms with Gasteiger partial charge < -0.3 is 5.11 Å². The molecule has 0 bridgehead atoms. The zero-order chi connectivity index (χ0) is 10.9. The van der Waals surface area contributed by atoms with Gasteiger partial charge in [0.15, 0.2) is 0 Å². The molecule has 0 saturated carbocycles. The number of hydrazine groups is 1. The highest BCUT2D eigenvalue weighted by atomic mass is 16.3. The summed E-state index contributed by atoms with van der Waals surface area (Å²) >= 11 is 0. The maximum atomic E-state index is 11.6. The molecule has 1 rings (SSSR count). The van der Waals surface area contributed by atoms with Crippen LogP contribution >= 0.6 is 0 Å². The van der Waals surface area contributed by atoms with Crippen molar-refractivity contribution in [3.63, 3.8) is 0 Å². The minimum Gasteiger partial charge on any atom is -0.392 e. The Kier molecular flexibility index (Phi) is 3.17. The first-order valence-electron chi connectivity index (χ1n) is 5.08. The van der Waals surface area contributed by atoms with E-state index in [9.17, 15) is 9.90 Å². The number of β-amino-alcohol motifs (C(OH)–C–C–N with tert-alkyl or cyclic N) is 1. The summed E-state index contributed by atoms with van der Waals surface area (Å²) in [4.78, 5) is 11.6. The van der Waals surface area contributed by atoms with Gasteiger partial charge in [-0.15, -0.1) is 0 Å². The first-order chi connectivity index (χ1) is 6.32. The Morgan fingerprint density at radius 1 is 1.50 bits per heavy atom. The maximum Gasteiger partial charge on any atom is 0.238 e. The number of amides is 1. The van der Waals surface area contributed by atoms with Crippen molar-refractivity contribution in [3.05, 3.63) is 0 Å². The van der Waals surface area contributed by atoms with E-state index in [1.165, 1.54) is 0 Å². The smallest absolute Gasteiger partial charge is 0.238 e. The van der Waals surface area contributed by atoms with Gasteiger partial charge in [0.2, 0.25) is 5.91 Å². The molecule has 0 spiro atoms. The van der Waals surface area contributed by atoms with Crippen molar-refractivity contribution in [2.45, 2.75) is 45.8 Å². The lowest BCUT2D eigenvalue weighted by atomic mass is 10.1. The van der Waals surface area contributed by atoms with Gasteiger partial charge in [-0.2, -0.15) is 0 Å². The van der Waals surface area contributed by atoms with Crippen LogP contribution in [0.1, 0.15) is 34.1 Å². The van der Waals surface area contributed by atoms with Gasteiger partial charge in [0, 0.05) is 19.5 Å². The molecule has 1 N–H and O–H groups in total. The lowest BCUT2D eigenvalue weighted by Gasteiger charge is -2.39. The van der Waals surface area contributed by atoms with E-state index in [-0.39, 0.29) is 11.4 Å². The zero-order valence-corrected chi connectivity index (χ0v) is 9.45. The van der Waals surface area contributed by atoms with Gasteiger partial charge in [0.25, 0.3) is 0 Å². The van der Waals surface area contributed by atoms with Crippen molar-refractivity contribution in [1.29, 1.82) is 0 Å². The number of hydrogen-bond donors (Lipinski definition) is 1. The van der Waals surface area contributed by atoms with Crippen LogP contribution in [0, 0.1) is 0 Å². The molecule has 0 aromatic heterocycles. The molecule has 0 aromatic carbocycles. The van der Waals surface area contributed by atoms with Gasteiger partial charge in [-0.25, -0.2) is 5.01 Å². The molecule has 4 heteroatoms. The molecular formula is C10H20N2O2. The van der Waals surface area contributed by atoms with Crippen molar-refractivity contribution in [2.75, 3.05) is 13.1 Å². The number of aliphatic hydroxyl groups excluding tert-OH is 1. The third-order valence-electron chi connectivity index (χ3n) is 2.21. The van der Waals surface area contributed by atoms with Crippen LogP contribution in [-0.4, -0.2) is 45.8 Å². The first-order valence-corrected chi connectivity index (χ1v) is 5.08. The van der Waals surface area contributed by atoms with Gasteiger partial charge in [0.05, 0.1) is 11.6 Å². The highest BCUT2D eigenvalue weighted by Gasteiger charge is 2.36. The number of hydrogen-bond acceptors (Lipinski definition) is 3. The number of carbonyl (C=O) groups excluding carboxylic acids is 1.